The number of nitrogens with zero attached hydrogens (tertiary/aromatic N) is 5. The molecule has 8 heteroatoms. The number of hydrogen-bond donors (Lipinski definition) is 1. The summed E-state index contributed by atoms with van der Waals surface area (Å²) in [6.07, 6.45) is 1.59. The Hall–Kier alpha value is -3.55. The van der Waals surface area contributed by atoms with Gasteiger partial charge in [0.25, 0.3) is 11.5 Å². The molecule has 0 bridgehead atoms. The molecular formula is C20H20N6O2. The average molecular weight is 376 g/mol. The largest absolute Gasteiger partial charge is 0.319 e. The fourth-order valence-electron chi connectivity index (χ4n) is 3.29. The molecule has 8 nitrogen and oxygen atoms in total. The number of carbonyl (C=O) groups is 1. The van der Waals surface area contributed by atoms with Gasteiger partial charge in [-0.1, -0.05) is 18.2 Å². The lowest BCUT2D eigenvalue weighted by molar-refractivity contribution is 0.102. The molecule has 3 heterocycles. The van der Waals surface area contributed by atoms with Crippen molar-refractivity contribution in [1.82, 2.24) is 24.5 Å². The van der Waals surface area contributed by atoms with E-state index in [9.17, 15) is 9.59 Å². The van der Waals surface area contributed by atoms with Crippen LogP contribution in [0.15, 0.2) is 41.3 Å². The van der Waals surface area contributed by atoms with E-state index in [1.165, 1.54) is 4.68 Å². The minimum Gasteiger partial charge on any atom is -0.319 e. The number of rotatable bonds is 3. The van der Waals surface area contributed by atoms with E-state index in [0.29, 0.717) is 16.5 Å². The number of amides is 1. The molecule has 0 aliphatic rings. The summed E-state index contributed by atoms with van der Waals surface area (Å²) in [7, 11) is 1.83. The van der Waals surface area contributed by atoms with Crippen LogP contribution in [0.4, 0.5) is 5.69 Å². The SMILES string of the molecule is Cc1nn(C)c2ncc(NC(=O)c3nn(C(C)C)c(=O)c4ccccc34)cc12. The molecule has 0 aliphatic carbocycles. The molecule has 0 spiro atoms. The Balaban J connectivity index is 1.80. The van der Waals surface area contributed by atoms with Gasteiger partial charge >= 0.3 is 0 Å². The summed E-state index contributed by atoms with van der Waals surface area (Å²) in [5.74, 6) is -0.395. The standard InChI is InChI=1S/C20H20N6O2/c1-11(2)26-20(28)15-8-6-5-7-14(15)17(24-26)19(27)22-13-9-16-12(3)23-25(4)18(16)21-10-13/h5-11H,1-4H3,(H,22,27). The van der Waals surface area contributed by atoms with Crippen LogP contribution in [0.5, 0.6) is 0 Å². The van der Waals surface area contributed by atoms with Crippen LogP contribution in [0.3, 0.4) is 0 Å². The van der Waals surface area contributed by atoms with Crippen LogP contribution in [-0.2, 0) is 7.05 Å². The number of aryl methyl sites for hydroxylation is 2. The Kier molecular flexibility index (Phi) is 4.18. The summed E-state index contributed by atoms with van der Waals surface area (Å²) < 4.78 is 3.04. The van der Waals surface area contributed by atoms with Crippen LogP contribution in [0.1, 0.15) is 36.1 Å². The van der Waals surface area contributed by atoms with Crippen molar-refractivity contribution in [2.75, 3.05) is 5.32 Å². The van der Waals surface area contributed by atoms with E-state index in [4.69, 9.17) is 0 Å². The first kappa shape index (κ1) is 17.8. The highest BCUT2D eigenvalue weighted by Crippen LogP contribution is 2.21. The third-order valence-corrected chi connectivity index (χ3v) is 4.65. The predicted octanol–water partition coefficient (Wildman–Crippen LogP) is 2.82. The molecule has 1 N–H and O–H groups in total. The predicted molar refractivity (Wildman–Crippen MR) is 108 cm³/mol. The van der Waals surface area contributed by atoms with Gasteiger partial charge in [0.05, 0.1) is 29.0 Å². The van der Waals surface area contributed by atoms with Crippen LogP contribution >= 0.6 is 0 Å². The van der Waals surface area contributed by atoms with Gasteiger partial charge in [0, 0.05) is 17.8 Å². The van der Waals surface area contributed by atoms with Gasteiger partial charge in [0.15, 0.2) is 11.3 Å². The van der Waals surface area contributed by atoms with E-state index in [1.807, 2.05) is 33.9 Å². The Morgan fingerprint density at radius 2 is 1.82 bits per heavy atom. The number of hydrogen-bond acceptors (Lipinski definition) is 5. The minimum absolute atomic E-state index is 0.167. The summed E-state index contributed by atoms with van der Waals surface area (Å²) in [4.78, 5) is 30.0. The van der Waals surface area contributed by atoms with Crippen molar-refractivity contribution in [2.45, 2.75) is 26.8 Å². The molecule has 0 radical (unpaired) electrons. The average Bonchev–Trinajstić information content (AvgIpc) is 2.95. The van der Waals surface area contributed by atoms with Crippen LogP contribution in [0.2, 0.25) is 0 Å². The maximum absolute atomic E-state index is 13.0. The van der Waals surface area contributed by atoms with Gasteiger partial charge in [-0.25, -0.2) is 9.67 Å². The number of pyridine rings is 1. The lowest BCUT2D eigenvalue weighted by Crippen LogP contribution is -2.28. The number of aromatic nitrogens is 5. The van der Waals surface area contributed by atoms with Crippen LogP contribution in [0, 0.1) is 6.92 Å². The molecule has 0 saturated carbocycles. The van der Waals surface area contributed by atoms with Crippen molar-refractivity contribution < 1.29 is 4.79 Å². The molecule has 0 aliphatic heterocycles. The number of anilines is 1. The minimum atomic E-state index is -0.395. The fraction of sp³-hybridized carbons (Fsp3) is 0.250. The molecule has 142 valence electrons. The third kappa shape index (κ3) is 2.83. The van der Waals surface area contributed by atoms with Crippen molar-refractivity contribution in [3.05, 3.63) is 58.3 Å². The summed E-state index contributed by atoms with van der Waals surface area (Å²) >= 11 is 0. The Bertz CT molecular complexity index is 1290. The molecule has 0 unspecified atom stereocenters. The fourth-order valence-corrected chi connectivity index (χ4v) is 3.29. The Morgan fingerprint density at radius 3 is 2.54 bits per heavy atom. The molecule has 0 atom stereocenters. The van der Waals surface area contributed by atoms with E-state index >= 15 is 0 Å². The smallest absolute Gasteiger partial charge is 0.276 e. The summed E-state index contributed by atoms with van der Waals surface area (Å²) in [6.45, 7) is 5.60. The summed E-state index contributed by atoms with van der Waals surface area (Å²) in [6, 6.07) is 8.67. The van der Waals surface area contributed by atoms with E-state index in [-0.39, 0.29) is 17.3 Å². The van der Waals surface area contributed by atoms with Crippen molar-refractivity contribution in [3.63, 3.8) is 0 Å². The molecule has 1 amide bonds. The lowest BCUT2D eigenvalue weighted by atomic mass is 10.1. The number of benzene rings is 1. The molecule has 4 rings (SSSR count). The molecule has 0 fully saturated rings. The Labute approximate surface area is 160 Å². The summed E-state index contributed by atoms with van der Waals surface area (Å²) in [5.41, 5.74) is 2.11. The van der Waals surface area contributed by atoms with Crippen molar-refractivity contribution in [1.29, 1.82) is 0 Å². The van der Waals surface area contributed by atoms with Crippen molar-refractivity contribution in [3.8, 4) is 0 Å². The van der Waals surface area contributed by atoms with Gasteiger partial charge in [0.2, 0.25) is 0 Å². The maximum Gasteiger partial charge on any atom is 0.276 e. The van der Waals surface area contributed by atoms with Gasteiger partial charge in [-0.3, -0.25) is 14.3 Å². The second-order valence-corrected chi connectivity index (χ2v) is 7.00. The van der Waals surface area contributed by atoms with E-state index < -0.39 is 5.91 Å². The number of fused-ring (bicyclic) bond motifs is 2. The Morgan fingerprint density at radius 1 is 1.11 bits per heavy atom. The second-order valence-electron chi connectivity index (χ2n) is 7.00. The molecule has 3 aromatic heterocycles. The highest BCUT2D eigenvalue weighted by atomic mass is 16.2. The third-order valence-electron chi connectivity index (χ3n) is 4.65. The first-order valence-corrected chi connectivity index (χ1v) is 8.99. The zero-order valence-corrected chi connectivity index (χ0v) is 16.1. The van der Waals surface area contributed by atoms with Gasteiger partial charge in [0.1, 0.15) is 0 Å². The first-order valence-electron chi connectivity index (χ1n) is 8.99. The van der Waals surface area contributed by atoms with E-state index in [1.54, 1.807) is 35.1 Å². The monoisotopic (exact) mass is 376 g/mol. The van der Waals surface area contributed by atoms with Crippen LogP contribution in [0.25, 0.3) is 21.8 Å². The van der Waals surface area contributed by atoms with E-state index in [2.05, 4.69) is 20.5 Å². The highest BCUT2D eigenvalue weighted by molar-refractivity contribution is 6.11. The quantitative estimate of drug-likeness (QED) is 0.593. The van der Waals surface area contributed by atoms with Crippen LogP contribution in [-0.4, -0.2) is 30.5 Å². The van der Waals surface area contributed by atoms with Crippen molar-refractivity contribution >= 4 is 33.4 Å². The normalized spacial score (nSPS) is 11.5. The number of nitrogens with one attached hydrogen (secondary N) is 1. The van der Waals surface area contributed by atoms with Crippen molar-refractivity contribution in [2.24, 2.45) is 7.05 Å². The van der Waals surface area contributed by atoms with E-state index in [0.717, 1.165) is 16.7 Å². The number of carbonyl (C=O) groups excluding carboxylic acids is 1. The van der Waals surface area contributed by atoms with Crippen LogP contribution < -0.4 is 10.9 Å². The molecular weight excluding hydrogens is 356 g/mol. The first-order chi connectivity index (χ1) is 13.4. The molecule has 1 aromatic carbocycles. The molecule has 0 saturated heterocycles. The maximum atomic E-state index is 13.0. The second kappa shape index (κ2) is 6.56. The van der Waals surface area contributed by atoms with Gasteiger partial charge in [-0.15, -0.1) is 0 Å². The summed E-state index contributed by atoms with van der Waals surface area (Å²) in [5, 5.41) is 13.4. The lowest BCUT2D eigenvalue weighted by Gasteiger charge is -2.13. The topological polar surface area (TPSA) is 94.7 Å². The van der Waals surface area contributed by atoms with Gasteiger partial charge < -0.3 is 5.32 Å². The molecule has 28 heavy (non-hydrogen) atoms. The molecule has 4 aromatic rings. The zero-order chi connectivity index (χ0) is 20.0. The van der Waals surface area contributed by atoms with Gasteiger partial charge in [-0.05, 0) is 32.9 Å². The highest BCUT2D eigenvalue weighted by Gasteiger charge is 2.18. The zero-order valence-electron chi connectivity index (χ0n) is 16.1. The van der Waals surface area contributed by atoms with Gasteiger partial charge in [-0.2, -0.15) is 10.2 Å².